The summed E-state index contributed by atoms with van der Waals surface area (Å²) in [5.41, 5.74) is 2.75. The molecule has 0 unspecified atom stereocenters. The van der Waals surface area contributed by atoms with Gasteiger partial charge in [-0.3, -0.25) is 4.79 Å². The van der Waals surface area contributed by atoms with Gasteiger partial charge in [0.15, 0.2) is 11.5 Å². The van der Waals surface area contributed by atoms with E-state index < -0.39 is 0 Å². The lowest BCUT2D eigenvalue weighted by molar-refractivity contribution is -0.121. The highest BCUT2D eigenvalue weighted by atomic mass is 79.9. The van der Waals surface area contributed by atoms with Gasteiger partial charge in [-0.05, 0) is 71.6 Å². The minimum atomic E-state index is -0.388. The number of amides is 1. The first-order valence-electron chi connectivity index (χ1n) is 10.0. The lowest BCUT2D eigenvalue weighted by atomic mass is 10.1. The Bertz CT molecular complexity index is 1340. The average Bonchev–Trinajstić information content (AvgIpc) is 3.15. The summed E-state index contributed by atoms with van der Waals surface area (Å²) in [4.78, 5) is 22.0. The van der Waals surface area contributed by atoms with Crippen LogP contribution in [0, 0.1) is 11.3 Å². The summed E-state index contributed by atoms with van der Waals surface area (Å²) >= 11 is 3.58. The molecule has 4 aromatic rings. The van der Waals surface area contributed by atoms with Crippen LogP contribution in [0.5, 0.6) is 0 Å². The molecule has 3 heterocycles. The van der Waals surface area contributed by atoms with E-state index in [4.69, 9.17) is 15.2 Å². The van der Waals surface area contributed by atoms with E-state index in [9.17, 15) is 4.79 Å². The smallest absolute Gasteiger partial charge is 0.242 e. The third-order valence-electron chi connectivity index (χ3n) is 5.36. The van der Waals surface area contributed by atoms with Gasteiger partial charge in [0.2, 0.25) is 11.9 Å². The Hall–Kier alpha value is -3.51. The van der Waals surface area contributed by atoms with Crippen molar-refractivity contribution in [3.05, 3.63) is 52.5 Å². The number of halogens is 1. The van der Waals surface area contributed by atoms with Crippen molar-refractivity contribution in [1.29, 1.82) is 5.26 Å². The molecule has 2 aromatic heterocycles. The maximum atomic E-state index is 12.5. The SMILES string of the molecule is N#Cc1ccc(-c2nc3c4cccc(Br)c4nc(N[C@@H]4CCCCNC4=O)n3n2)cc1. The number of nitrogens with zero attached hydrogens (tertiary/aromatic N) is 5. The monoisotopic (exact) mass is 475 g/mol. The van der Waals surface area contributed by atoms with Gasteiger partial charge < -0.3 is 10.6 Å². The number of hydrogen-bond acceptors (Lipinski definition) is 6. The molecule has 1 fully saturated rings. The molecule has 0 aliphatic carbocycles. The van der Waals surface area contributed by atoms with Crippen LogP contribution in [0.3, 0.4) is 0 Å². The van der Waals surface area contributed by atoms with Crippen LogP contribution < -0.4 is 10.6 Å². The Morgan fingerprint density at radius 3 is 2.81 bits per heavy atom. The number of nitriles is 1. The van der Waals surface area contributed by atoms with Crippen LogP contribution in [0.1, 0.15) is 24.8 Å². The topological polar surface area (TPSA) is 108 Å². The molecule has 5 rings (SSSR count). The lowest BCUT2D eigenvalue weighted by Gasteiger charge is -2.17. The summed E-state index contributed by atoms with van der Waals surface area (Å²) < 4.78 is 2.49. The van der Waals surface area contributed by atoms with E-state index in [0.717, 1.165) is 40.2 Å². The highest BCUT2D eigenvalue weighted by Crippen LogP contribution is 2.29. The fourth-order valence-electron chi connectivity index (χ4n) is 3.74. The third-order valence-corrected chi connectivity index (χ3v) is 6.00. The van der Waals surface area contributed by atoms with Crippen LogP contribution >= 0.6 is 15.9 Å². The van der Waals surface area contributed by atoms with Crippen molar-refractivity contribution in [2.24, 2.45) is 0 Å². The summed E-state index contributed by atoms with van der Waals surface area (Å²) in [6, 6.07) is 14.7. The summed E-state index contributed by atoms with van der Waals surface area (Å²) in [7, 11) is 0. The number of aromatic nitrogens is 4. The second kappa shape index (κ2) is 7.96. The molecule has 0 spiro atoms. The Morgan fingerprint density at radius 1 is 1.16 bits per heavy atom. The van der Waals surface area contributed by atoms with E-state index in [1.165, 1.54) is 0 Å². The standard InChI is InChI=1S/C22H18BrN7O/c23-16-5-3-4-15-18(16)27-22(26-17-6-1-2-11-25-21(17)31)30-20(15)28-19(29-30)14-9-7-13(12-24)8-10-14/h3-5,7-10,17H,1-2,6,11H2,(H,25,31)(H,26,27)/t17-/m1/s1. The first kappa shape index (κ1) is 19.5. The zero-order valence-corrected chi connectivity index (χ0v) is 18.1. The average molecular weight is 476 g/mol. The number of hydrogen-bond donors (Lipinski definition) is 2. The van der Waals surface area contributed by atoms with E-state index in [1.54, 1.807) is 16.6 Å². The van der Waals surface area contributed by atoms with Crippen LogP contribution in [-0.4, -0.2) is 38.1 Å². The summed E-state index contributed by atoms with van der Waals surface area (Å²) in [5.74, 6) is 0.947. The molecule has 154 valence electrons. The highest BCUT2D eigenvalue weighted by Gasteiger charge is 2.23. The largest absolute Gasteiger partial charge is 0.354 e. The van der Waals surface area contributed by atoms with Crippen LogP contribution in [-0.2, 0) is 4.79 Å². The number of para-hydroxylation sites is 1. The molecule has 0 bridgehead atoms. The summed E-state index contributed by atoms with van der Waals surface area (Å²) in [6.45, 7) is 0.690. The third kappa shape index (κ3) is 3.59. The van der Waals surface area contributed by atoms with Crippen molar-refractivity contribution in [1.82, 2.24) is 24.9 Å². The van der Waals surface area contributed by atoms with Crippen molar-refractivity contribution in [2.45, 2.75) is 25.3 Å². The van der Waals surface area contributed by atoms with Crippen LogP contribution in [0.4, 0.5) is 5.95 Å². The molecule has 9 heteroatoms. The predicted molar refractivity (Wildman–Crippen MR) is 120 cm³/mol. The molecule has 0 saturated carbocycles. The minimum absolute atomic E-state index is 0.0351. The van der Waals surface area contributed by atoms with E-state index in [2.05, 4.69) is 37.7 Å². The molecule has 1 saturated heterocycles. The van der Waals surface area contributed by atoms with Crippen molar-refractivity contribution in [2.75, 3.05) is 11.9 Å². The first-order chi connectivity index (χ1) is 15.1. The molecular formula is C22H18BrN7O. The van der Waals surface area contributed by atoms with Gasteiger partial charge in [0.25, 0.3) is 0 Å². The number of anilines is 1. The van der Waals surface area contributed by atoms with Crippen molar-refractivity contribution in [3.63, 3.8) is 0 Å². The van der Waals surface area contributed by atoms with Crippen LogP contribution in [0.2, 0.25) is 0 Å². The summed E-state index contributed by atoms with van der Waals surface area (Å²) in [6.07, 6.45) is 2.63. The van der Waals surface area contributed by atoms with Crippen molar-refractivity contribution in [3.8, 4) is 17.5 Å². The number of carbonyl (C=O) groups excluding carboxylic acids is 1. The zero-order valence-electron chi connectivity index (χ0n) is 16.5. The Kier molecular flexibility index (Phi) is 5.00. The van der Waals surface area contributed by atoms with Gasteiger partial charge in [-0.2, -0.15) is 9.78 Å². The molecule has 1 aliphatic rings. The Balaban J connectivity index is 1.67. The van der Waals surface area contributed by atoms with E-state index in [0.29, 0.717) is 29.5 Å². The van der Waals surface area contributed by atoms with Gasteiger partial charge in [-0.25, -0.2) is 9.97 Å². The summed E-state index contributed by atoms with van der Waals surface area (Å²) in [5, 5.41) is 20.8. The second-order valence-corrected chi connectivity index (χ2v) is 8.27. The van der Waals surface area contributed by atoms with Crippen LogP contribution in [0.15, 0.2) is 46.9 Å². The van der Waals surface area contributed by atoms with E-state index in [1.807, 2.05) is 30.3 Å². The maximum absolute atomic E-state index is 12.5. The molecule has 1 atom stereocenters. The number of nitrogens with one attached hydrogen (secondary N) is 2. The number of benzene rings is 2. The van der Waals surface area contributed by atoms with Gasteiger partial charge in [0.05, 0.1) is 17.1 Å². The first-order valence-corrected chi connectivity index (χ1v) is 10.8. The molecule has 2 N–H and O–H groups in total. The highest BCUT2D eigenvalue weighted by molar-refractivity contribution is 9.10. The van der Waals surface area contributed by atoms with Gasteiger partial charge in [0, 0.05) is 22.0 Å². The van der Waals surface area contributed by atoms with Gasteiger partial charge >= 0.3 is 0 Å². The van der Waals surface area contributed by atoms with E-state index in [-0.39, 0.29) is 11.9 Å². The minimum Gasteiger partial charge on any atom is -0.354 e. The lowest BCUT2D eigenvalue weighted by Crippen LogP contribution is -2.38. The second-order valence-electron chi connectivity index (χ2n) is 7.42. The van der Waals surface area contributed by atoms with Gasteiger partial charge in [-0.1, -0.05) is 6.07 Å². The van der Waals surface area contributed by atoms with Crippen molar-refractivity contribution >= 4 is 44.3 Å². The molecule has 31 heavy (non-hydrogen) atoms. The predicted octanol–water partition coefficient (Wildman–Crippen LogP) is 3.66. The van der Waals surface area contributed by atoms with Gasteiger partial charge in [-0.15, -0.1) is 5.10 Å². The molecule has 1 amide bonds. The molecule has 2 aromatic carbocycles. The fraction of sp³-hybridized carbons (Fsp3) is 0.227. The number of fused-ring (bicyclic) bond motifs is 3. The fourth-order valence-corrected chi connectivity index (χ4v) is 4.19. The molecule has 0 radical (unpaired) electrons. The maximum Gasteiger partial charge on any atom is 0.242 e. The Morgan fingerprint density at radius 2 is 2.00 bits per heavy atom. The normalized spacial score (nSPS) is 16.6. The number of rotatable bonds is 3. The molecule has 1 aliphatic heterocycles. The van der Waals surface area contributed by atoms with Crippen molar-refractivity contribution < 1.29 is 4.79 Å². The molecule has 8 nitrogen and oxygen atoms in total. The van der Waals surface area contributed by atoms with E-state index >= 15 is 0 Å². The zero-order chi connectivity index (χ0) is 21.4. The van der Waals surface area contributed by atoms with Crippen LogP contribution in [0.25, 0.3) is 27.9 Å². The quantitative estimate of drug-likeness (QED) is 0.467. The number of carbonyl (C=O) groups is 1. The molecular weight excluding hydrogens is 458 g/mol. The Labute approximate surface area is 186 Å². The van der Waals surface area contributed by atoms with Gasteiger partial charge in [0.1, 0.15) is 6.04 Å².